The van der Waals surface area contributed by atoms with Gasteiger partial charge in [-0.15, -0.1) is 0 Å². The lowest BCUT2D eigenvalue weighted by molar-refractivity contribution is -0.144. The molecule has 0 radical (unpaired) electrons. The minimum absolute atomic E-state index is 0.200. The number of H-pyrrole nitrogens is 1. The van der Waals surface area contributed by atoms with Gasteiger partial charge in [0.15, 0.2) is 0 Å². The highest BCUT2D eigenvalue weighted by Gasteiger charge is 2.35. The van der Waals surface area contributed by atoms with E-state index in [1.165, 1.54) is 0 Å². The fourth-order valence-corrected chi connectivity index (χ4v) is 1.70. The van der Waals surface area contributed by atoms with E-state index in [1.54, 1.807) is 13.0 Å². The van der Waals surface area contributed by atoms with Crippen LogP contribution in [0.25, 0.3) is 11.0 Å². The molecule has 0 spiro atoms. The molecule has 0 saturated carbocycles. The van der Waals surface area contributed by atoms with E-state index in [0.717, 1.165) is 5.69 Å². The van der Waals surface area contributed by atoms with Gasteiger partial charge in [0.2, 0.25) is 5.82 Å². The Bertz CT molecular complexity index is 586. The number of nitrogens with one attached hydrogen (secondary N) is 2. The number of hydrogen-bond acceptors (Lipinski definition) is 3. The number of halogens is 3. The Kier molecular flexibility index (Phi) is 3.38. The van der Waals surface area contributed by atoms with Gasteiger partial charge in [-0.05, 0) is 18.9 Å². The van der Waals surface area contributed by atoms with E-state index in [9.17, 15) is 13.2 Å². The summed E-state index contributed by atoms with van der Waals surface area (Å²) in [7, 11) is 0. The van der Waals surface area contributed by atoms with Gasteiger partial charge in [0.25, 0.3) is 0 Å². The Morgan fingerprint density at radius 2 is 2.00 bits per heavy atom. The zero-order valence-electron chi connectivity index (χ0n) is 10.9. The molecule has 0 saturated heterocycles. The zero-order valence-corrected chi connectivity index (χ0v) is 10.9. The molecule has 4 nitrogen and oxygen atoms in total. The third kappa shape index (κ3) is 2.97. The van der Waals surface area contributed by atoms with Gasteiger partial charge in [0, 0.05) is 12.2 Å². The maximum Gasteiger partial charge on any atom is 0.451 e. The van der Waals surface area contributed by atoms with Crippen LogP contribution in [-0.2, 0) is 6.18 Å². The van der Waals surface area contributed by atoms with E-state index in [0.29, 0.717) is 17.8 Å². The monoisotopic (exact) mass is 272 g/mol. The molecule has 2 aromatic rings. The standard InChI is InChI=1S/C12H15F3N4/c1-6(2)5-16-9-8-4-7(3)17-10(8)19-11(18-9)12(13,14)15/h4,6H,5H2,1-3H3,(H2,16,17,18,19). The van der Waals surface area contributed by atoms with Crippen molar-refractivity contribution in [3.63, 3.8) is 0 Å². The van der Waals surface area contributed by atoms with Gasteiger partial charge in [-0.2, -0.15) is 13.2 Å². The maximum absolute atomic E-state index is 12.7. The zero-order chi connectivity index (χ0) is 14.2. The normalized spacial score (nSPS) is 12.4. The second-order valence-corrected chi connectivity index (χ2v) is 4.88. The number of hydrogen-bond donors (Lipinski definition) is 2. The van der Waals surface area contributed by atoms with Crippen LogP contribution in [0.2, 0.25) is 0 Å². The molecule has 0 aromatic carbocycles. The molecule has 2 rings (SSSR count). The van der Waals surface area contributed by atoms with Crippen molar-refractivity contribution >= 4 is 16.9 Å². The van der Waals surface area contributed by atoms with Crippen LogP contribution < -0.4 is 5.32 Å². The van der Waals surface area contributed by atoms with Gasteiger partial charge in [0.1, 0.15) is 11.5 Å². The molecule has 7 heteroatoms. The lowest BCUT2D eigenvalue weighted by Crippen LogP contribution is -2.15. The number of alkyl halides is 3. The molecule has 0 aliphatic heterocycles. The van der Waals surface area contributed by atoms with Crippen LogP contribution in [0.15, 0.2) is 6.07 Å². The third-order valence-electron chi connectivity index (χ3n) is 2.55. The average molecular weight is 272 g/mol. The summed E-state index contributed by atoms with van der Waals surface area (Å²) >= 11 is 0. The first-order chi connectivity index (χ1) is 8.77. The van der Waals surface area contributed by atoms with E-state index in [-0.39, 0.29) is 11.5 Å². The smallest absolute Gasteiger partial charge is 0.369 e. The summed E-state index contributed by atoms with van der Waals surface area (Å²) < 4.78 is 38.2. The Labute approximate surface area is 108 Å². The van der Waals surface area contributed by atoms with Crippen molar-refractivity contribution in [3.8, 4) is 0 Å². The molecular formula is C12H15F3N4. The van der Waals surface area contributed by atoms with Gasteiger partial charge >= 0.3 is 6.18 Å². The predicted molar refractivity (Wildman–Crippen MR) is 67.0 cm³/mol. The van der Waals surface area contributed by atoms with Gasteiger partial charge in [0.05, 0.1) is 5.39 Å². The summed E-state index contributed by atoms with van der Waals surface area (Å²) in [4.78, 5) is 9.92. The molecule has 19 heavy (non-hydrogen) atoms. The van der Waals surface area contributed by atoms with Crippen LogP contribution >= 0.6 is 0 Å². The van der Waals surface area contributed by atoms with E-state index in [1.807, 2.05) is 13.8 Å². The number of anilines is 1. The second kappa shape index (κ2) is 4.71. The number of aromatic amines is 1. The van der Waals surface area contributed by atoms with Crippen molar-refractivity contribution < 1.29 is 13.2 Å². The topological polar surface area (TPSA) is 53.6 Å². The van der Waals surface area contributed by atoms with Crippen molar-refractivity contribution in [1.29, 1.82) is 0 Å². The molecule has 104 valence electrons. The number of aromatic nitrogens is 3. The lowest BCUT2D eigenvalue weighted by atomic mass is 10.2. The minimum Gasteiger partial charge on any atom is -0.369 e. The van der Waals surface area contributed by atoms with Crippen molar-refractivity contribution in [3.05, 3.63) is 17.6 Å². The Balaban J connectivity index is 2.51. The number of fused-ring (bicyclic) bond motifs is 1. The molecule has 0 bridgehead atoms. The van der Waals surface area contributed by atoms with Crippen LogP contribution in [0.1, 0.15) is 25.4 Å². The largest absolute Gasteiger partial charge is 0.451 e. The molecule has 2 aromatic heterocycles. The van der Waals surface area contributed by atoms with Gasteiger partial charge < -0.3 is 10.3 Å². The predicted octanol–water partition coefficient (Wildman–Crippen LogP) is 3.35. The Hall–Kier alpha value is -1.79. The number of rotatable bonds is 3. The van der Waals surface area contributed by atoms with Gasteiger partial charge in [-0.1, -0.05) is 13.8 Å². The van der Waals surface area contributed by atoms with E-state index in [4.69, 9.17) is 0 Å². The summed E-state index contributed by atoms with van der Waals surface area (Å²) in [5, 5.41) is 3.52. The highest BCUT2D eigenvalue weighted by Crippen LogP contribution is 2.30. The molecular weight excluding hydrogens is 257 g/mol. The summed E-state index contributed by atoms with van der Waals surface area (Å²) in [5.74, 6) is -0.608. The fraction of sp³-hybridized carbons (Fsp3) is 0.500. The molecule has 0 aliphatic rings. The highest BCUT2D eigenvalue weighted by atomic mass is 19.4. The summed E-state index contributed by atoms with van der Waals surface area (Å²) in [6, 6.07) is 1.73. The van der Waals surface area contributed by atoms with Crippen molar-refractivity contribution in [2.75, 3.05) is 11.9 Å². The Morgan fingerprint density at radius 1 is 1.32 bits per heavy atom. The Morgan fingerprint density at radius 3 is 2.58 bits per heavy atom. The second-order valence-electron chi connectivity index (χ2n) is 4.88. The van der Waals surface area contributed by atoms with E-state index in [2.05, 4.69) is 20.3 Å². The fourth-order valence-electron chi connectivity index (χ4n) is 1.70. The average Bonchev–Trinajstić information content (AvgIpc) is 2.64. The van der Waals surface area contributed by atoms with E-state index < -0.39 is 12.0 Å². The SMILES string of the molecule is Cc1cc2c(NCC(C)C)nc(C(F)(F)F)nc2[nH]1. The summed E-state index contributed by atoms with van der Waals surface area (Å²) in [6.07, 6.45) is -4.55. The minimum atomic E-state index is -4.55. The number of aryl methyl sites for hydroxylation is 1. The maximum atomic E-state index is 12.7. The lowest BCUT2D eigenvalue weighted by Gasteiger charge is -2.11. The first-order valence-electron chi connectivity index (χ1n) is 5.96. The molecule has 2 N–H and O–H groups in total. The number of nitrogens with zero attached hydrogens (tertiary/aromatic N) is 2. The highest BCUT2D eigenvalue weighted by molar-refractivity contribution is 5.87. The quantitative estimate of drug-likeness (QED) is 0.900. The molecule has 0 amide bonds. The first-order valence-corrected chi connectivity index (χ1v) is 5.96. The van der Waals surface area contributed by atoms with Crippen LogP contribution in [0.4, 0.5) is 19.0 Å². The van der Waals surface area contributed by atoms with Crippen LogP contribution in [0, 0.1) is 12.8 Å². The molecule has 0 fully saturated rings. The molecule has 0 unspecified atom stereocenters. The van der Waals surface area contributed by atoms with Crippen molar-refractivity contribution in [1.82, 2.24) is 15.0 Å². The summed E-state index contributed by atoms with van der Waals surface area (Å²) in [6.45, 7) is 6.26. The van der Waals surface area contributed by atoms with Crippen LogP contribution in [0.5, 0.6) is 0 Å². The first kappa shape index (κ1) is 13.6. The van der Waals surface area contributed by atoms with Crippen LogP contribution in [-0.4, -0.2) is 21.5 Å². The van der Waals surface area contributed by atoms with Gasteiger partial charge in [-0.25, -0.2) is 9.97 Å². The third-order valence-corrected chi connectivity index (χ3v) is 2.55. The van der Waals surface area contributed by atoms with Crippen molar-refractivity contribution in [2.45, 2.75) is 26.9 Å². The van der Waals surface area contributed by atoms with Crippen LogP contribution in [0.3, 0.4) is 0 Å². The van der Waals surface area contributed by atoms with E-state index >= 15 is 0 Å². The van der Waals surface area contributed by atoms with Gasteiger partial charge in [-0.3, -0.25) is 0 Å². The molecule has 0 aliphatic carbocycles. The van der Waals surface area contributed by atoms with Crippen molar-refractivity contribution in [2.24, 2.45) is 5.92 Å². The molecule has 2 heterocycles. The molecule has 0 atom stereocenters. The summed E-state index contributed by atoms with van der Waals surface area (Å²) in [5.41, 5.74) is 0.947.